The highest BCUT2D eigenvalue weighted by Gasteiger charge is 2.22. The van der Waals surface area contributed by atoms with Crippen molar-refractivity contribution in [3.8, 4) is 0 Å². The Morgan fingerprint density at radius 2 is 2.15 bits per heavy atom. The summed E-state index contributed by atoms with van der Waals surface area (Å²) >= 11 is 0. The van der Waals surface area contributed by atoms with E-state index < -0.39 is 0 Å². The first-order valence-electron chi connectivity index (χ1n) is 4.28. The lowest BCUT2D eigenvalue weighted by atomic mass is 10.3. The summed E-state index contributed by atoms with van der Waals surface area (Å²) in [5.41, 5.74) is 6.81. The van der Waals surface area contributed by atoms with E-state index in [1.807, 2.05) is 17.0 Å². The van der Waals surface area contributed by atoms with Crippen LogP contribution in [0.25, 0.3) is 0 Å². The number of hydrogen-bond acceptors (Lipinski definition) is 4. The van der Waals surface area contributed by atoms with E-state index in [1.165, 1.54) is 0 Å². The van der Waals surface area contributed by atoms with Gasteiger partial charge >= 0.3 is 0 Å². The average molecular weight is 176 g/mol. The van der Waals surface area contributed by atoms with Crippen LogP contribution >= 0.6 is 0 Å². The minimum atomic E-state index is 0.349. The summed E-state index contributed by atoms with van der Waals surface area (Å²) in [7, 11) is 0. The number of nitrogens with zero attached hydrogens (tertiary/aromatic N) is 3. The zero-order valence-electron chi connectivity index (χ0n) is 7.51. The molecular weight excluding hydrogens is 164 g/mol. The van der Waals surface area contributed by atoms with Crippen LogP contribution in [0.2, 0.25) is 0 Å². The van der Waals surface area contributed by atoms with Crippen molar-refractivity contribution in [2.75, 3.05) is 11.4 Å². The van der Waals surface area contributed by atoms with Crippen LogP contribution in [-0.2, 0) is 0 Å². The number of hydrogen-bond donors (Lipinski definition) is 1. The molecule has 4 heteroatoms. The molecule has 1 atom stereocenters. The lowest BCUT2D eigenvalue weighted by Gasteiger charge is -2.22. The topological polar surface area (TPSA) is 54.5 Å². The van der Waals surface area contributed by atoms with Crippen LogP contribution in [0.15, 0.2) is 29.5 Å². The van der Waals surface area contributed by atoms with E-state index in [9.17, 15) is 0 Å². The van der Waals surface area contributed by atoms with Gasteiger partial charge in [0.2, 0.25) is 0 Å². The fourth-order valence-corrected chi connectivity index (χ4v) is 1.50. The van der Waals surface area contributed by atoms with Gasteiger partial charge in [0.25, 0.3) is 0 Å². The number of guanidine groups is 1. The number of pyridine rings is 1. The predicted molar refractivity (Wildman–Crippen MR) is 52.7 cm³/mol. The van der Waals surface area contributed by atoms with Crippen LogP contribution in [-0.4, -0.2) is 23.5 Å². The Morgan fingerprint density at radius 1 is 1.46 bits per heavy atom. The van der Waals surface area contributed by atoms with Crippen molar-refractivity contribution >= 4 is 11.6 Å². The maximum absolute atomic E-state index is 5.76. The third-order valence-corrected chi connectivity index (χ3v) is 2.15. The molecule has 1 aromatic rings. The Morgan fingerprint density at radius 3 is 2.69 bits per heavy atom. The van der Waals surface area contributed by atoms with Crippen molar-refractivity contribution in [1.29, 1.82) is 0 Å². The maximum atomic E-state index is 5.76. The molecule has 2 rings (SSSR count). The normalized spacial score (nSPS) is 21.8. The van der Waals surface area contributed by atoms with Crippen molar-refractivity contribution in [3.05, 3.63) is 24.5 Å². The molecule has 1 unspecified atom stereocenters. The summed E-state index contributed by atoms with van der Waals surface area (Å²) in [6.45, 7) is 2.87. The Bertz CT molecular complexity index is 320. The molecule has 0 aromatic carbocycles. The summed E-state index contributed by atoms with van der Waals surface area (Å²) in [6, 6.07) is 4.22. The zero-order valence-corrected chi connectivity index (χ0v) is 7.51. The summed E-state index contributed by atoms with van der Waals surface area (Å²) in [4.78, 5) is 10.1. The van der Waals surface area contributed by atoms with Gasteiger partial charge in [-0.25, -0.2) is 0 Å². The zero-order chi connectivity index (χ0) is 9.26. The highest BCUT2D eigenvalue weighted by atomic mass is 15.3. The highest BCUT2D eigenvalue weighted by Crippen LogP contribution is 2.18. The van der Waals surface area contributed by atoms with Gasteiger partial charge in [-0.2, -0.15) is 0 Å². The summed E-state index contributed by atoms with van der Waals surface area (Å²) in [5.74, 6) is 0.596. The van der Waals surface area contributed by atoms with Crippen LogP contribution in [0.1, 0.15) is 6.92 Å². The number of rotatable bonds is 1. The fourth-order valence-electron chi connectivity index (χ4n) is 1.50. The predicted octanol–water partition coefficient (Wildman–Crippen LogP) is 0.605. The molecule has 1 aliphatic rings. The minimum absolute atomic E-state index is 0.349. The summed E-state index contributed by atoms with van der Waals surface area (Å²) in [5, 5.41) is 0. The SMILES string of the molecule is CC1CN=C(N)N1c1ccncc1. The van der Waals surface area contributed by atoms with Gasteiger partial charge in [0.05, 0.1) is 12.6 Å². The van der Waals surface area contributed by atoms with E-state index in [2.05, 4.69) is 16.9 Å². The Hall–Kier alpha value is -1.58. The van der Waals surface area contributed by atoms with Crippen LogP contribution in [0.3, 0.4) is 0 Å². The second kappa shape index (κ2) is 3.05. The molecule has 0 radical (unpaired) electrons. The molecular formula is C9H12N4. The molecule has 0 aliphatic carbocycles. The van der Waals surface area contributed by atoms with Crippen LogP contribution in [0.5, 0.6) is 0 Å². The molecule has 0 bridgehead atoms. The third-order valence-electron chi connectivity index (χ3n) is 2.15. The second-order valence-electron chi connectivity index (χ2n) is 3.12. The standard InChI is InChI=1S/C9H12N4/c1-7-6-12-9(10)13(7)8-2-4-11-5-3-8/h2-5,7H,6H2,1H3,(H2,10,12). The van der Waals surface area contributed by atoms with Crippen molar-refractivity contribution in [3.63, 3.8) is 0 Å². The van der Waals surface area contributed by atoms with Crippen molar-refractivity contribution in [1.82, 2.24) is 4.98 Å². The molecule has 2 N–H and O–H groups in total. The van der Waals surface area contributed by atoms with Gasteiger partial charge in [-0.15, -0.1) is 0 Å². The molecule has 2 heterocycles. The first-order chi connectivity index (χ1) is 6.29. The molecule has 0 saturated carbocycles. The molecule has 0 spiro atoms. The van der Waals surface area contributed by atoms with Gasteiger partial charge in [-0.1, -0.05) is 0 Å². The quantitative estimate of drug-likeness (QED) is 0.682. The molecule has 0 fully saturated rings. The molecule has 68 valence electrons. The summed E-state index contributed by atoms with van der Waals surface area (Å²) in [6.07, 6.45) is 3.52. The van der Waals surface area contributed by atoms with Crippen molar-refractivity contribution in [2.24, 2.45) is 10.7 Å². The van der Waals surface area contributed by atoms with E-state index in [0.717, 1.165) is 12.2 Å². The number of aromatic nitrogens is 1. The van der Waals surface area contributed by atoms with Gasteiger partial charge in [0, 0.05) is 18.1 Å². The Kier molecular flexibility index (Phi) is 1.88. The number of aliphatic imine (C=N–C) groups is 1. The molecule has 4 nitrogen and oxygen atoms in total. The lowest BCUT2D eigenvalue weighted by molar-refractivity contribution is 0.783. The van der Waals surface area contributed by atoms with E-state index >= 15 is 0 Å². The Labute approximate surface area is 77.1 Å². The fraction of sp³-hybridized carbons (Fsp3) is 0.333. The smallest absolute Gasteiger partial charge is 0.196 e. The number of nitrogens with two attached hydrogens (primary N) is 1. The Balaban J connectivity index is 2.31. The van der Waals surface area contributed by atoms with Gasteiger partial charge in [-0.05, 0) is 19.1 Å². The number of anilines is 1. The van der Waals surface area contributed by atoms with Crippen LogP contribution < -0.4 is 10.6 Å². The first-order valence-corrected chi connectivity index (χ1v) is 4.28. The molecule has 0 amide bonds. The van der Waals surface area contributed by atoms with E-state index in [1.54, 1.807) is 12.4 Å². The van der Waals surface area contributed by atoms with Crippen molar-refractivity contribution < 1.29 is 0 Å². The average Bonchev–Trinajstić information content (AvgIpc) is 2.48. The molecule has 13 heavy (non-hydrogen) atoms. The second-order valence-corrected chi connectivity index (χ2v) is 3.12. The molecule has 1 aromatic heterocycles. The van der Waals surface area contributed by atoms with E-state index in [4.69, 9.17) is 5.73 Å². The lowest BCUT2D eigenvalue weighted by Crippen LogP contribution is -2.39. The monoisotopic (exact) mass is 176 g/mol. The third kappa shape index (κ3) is 1.35. The maximum Gasteiger partial charge on any atom is 0.196 e. The largest absolute Gasteiger partial charge is 0.370 e. The van der Waals surface area contributed by atoms with Crippen LogP contribution in [0.4, 0.5) is 5.69 Å². The van der Waals surface area contributed by atoms with Crippen LogP contribution in [0, 0.1) is 0 Å². The van der Waals surface area contributed by atoms with Crippen molar-refractivity contribution in [2.45, 2.75) is 13.0 Å². The molecule has 0 saturated heterocycles. The van der Waals surface area contributed by atoms with Gasteiger partial charge in [0.15, 0.2) is 5.96 Å². The van der Waals surface area contributed by atoms with Gasteiger partial charge in [-0.3, -0.25) is 9.98 Å². The van der Waals surface area contributed by atoms with E-state index in [0.29, 0.717) is 12.0 Å². The van der Waals surface area contributed by atoms with E-state index in [-0.39, 0.29) is 0 Å². The summed E-state index contributed by atoms with van der Waals surface area (Å²) < 4.78 is 0. The molecule has 1 aliphatic heterocycles. The highest BCUT2D eigenvalue weighted by molar-refractivity contribution is 5.96. The van der Waals surface area contributed by atoms with Gasteiger partial charge in [0.1, 0.15) is 0 Å². The minimum Gasteiger partial charge on any atom is -0.370 e. The van der Waals surface area contributed by atoms with Gasteiger partial charge < -0.3 is 10.6 Å². The first kappa shape index (κ1) is 8.04.